The maximum atomic E-state index is 6.66. The molecule has 2 saturated carbocycles. The highest BCUT2D eigenvalue weighted by Crippen LogP contribution is 2.47. The van der Waals surface area contributed by atoms with Crippen molar-refractivity contribution in [2.75, 3.05) is 6.54 Å². The fourth-order valence-electron chi connectivity index (χ4n) is 4.32. The van der Waals surface area contributed by atoms with Gasteiger partial charge < -0.3 is 10.1 Å². The molecule has 1 aliphatic heterocycles. The number of fused-ring (bicyclic) bond motifs is 1. The second-order valence-electron chi connectivity index (χ2n) is 7.44. The molecular weight excluding hydrogens is 210 g/mol. The lowest BCUT2D eigenvalue weighted by molar-refractivity contribution is -0.176. The number of nitrogens with one attached hydrogen (secondary N) is 1. The van der Waals surface area contributed by atoms with Crippen LogP contribution in [-0.4, -0.2) is 24.3 Å². The smallest absolute Gasteiger partial charge is 0.0813 e. The Morgan fingerprint density at radius 3 is 2.76 bits per heavy atom. The van der Waals surface area contributed by atoms with Crippen LogP contribution in [0.4, 0.5) is 0 Å². The summed E-state index contributed by atoms with van der Waals surface area (Å²) in [5.41, 5.74) is 0.534. The van der Waals surface area contributed by atoms with Crippen molar-refractivity contribution in [2.24, 2.45) is 11.3 Å². The summed E-state index contributed by atoms with van der Waals surface area (Å²) in [6.45, 7) is 8.24. The molecule has 3 rings (SSSR count). The van der Waals surface area contributed by atoms with E-state index >= 15 is 0 Å². The van der Waals surface area contributed by atoms with Gasteiger partial charge in [0.25, 0.3) is 0 Å². The molecule has 0 aromatic heterocycles. The van der Waals surface area contributed by atoms with Crippen LogP contribution < -0.4 is 5.32 Å². The normalized spacial score (nSPS) is 49.2. The zero-order valence-corrected chi connectivity index (χ0v) is 11.6. The van der Waals surface area contributed by atoms with Crippen LogP contribution in [-0.2, 0) is 4.74 Å². The van der Waals surface area contributed by atoms with Crippen molar-refractivity contribution in [3.05, 3.63) is 0 Å². The van der Waals surface area contributed by atoms with Gasteiger partial charge in [-0.1, -0.05) is 33.6 Å². The molecule has 3 fully saturated rings. The Hall–Kier alpha value is -0.0800. The largest absolute Gasteiger partial charge is 0.368 e. The average molecular weight is 237 g/mol. The molecular formula is C15H27NO. The summed E-state index contributed by atoms with van der Waals surface area (Å²) >= 11 is 0. The van der Waals surface area contributed by atoms with Gasteiger partial charge in [0, 0.05) is 12.6 Å². The van der Waals surface area contributed by atoms with Crippen LogP contribution in [0.2, 0.25) is 0 Å². The Kier molecular flexibility index (Phi) is 2.79. The molecule has 4 atom stereocenters. The van der Waals surface area contributed by atoms with Gasteiger partial charge in [0.05, 0.1) is 11.7 Å². The van der Waals surface area contributed by atoms with Crippen molar-refractivity contribution in [3.8, 4) is 0 Å². The quantitative estimate of drug-likeness (QED) is 0.699. The fourth-order valence-corrected chi connectivity index (χ4v) is 4.32. The minimum Gasteiger partial charge on any atom is -0.368 e. The average Bonchev–Trinajstić information content (AvgIpc) is 2.55. The molecule has 0 amide bonds. The maximum Gasteiger partial charge on any atom is 0.0813 e. The first-order valence-corrected chi connectivity index (χ1v) is 7.42. The molecule has 0 bridgehead atoms. The van der Waals surface area contributed by atoms with E-state index in [1.165, 1.54) is 38.5 Å². The van der Waals surface area contributed by atoms with Gasteiger partial charge in [-0.15, -0.1) is 0 Å². The van der Waals surface area contributed by atoms with E-state index in [2.05, 4.69) is 26.1 Å². The highest BCUT2D eigenvalue weighted by molar-refractivity contribution is 5.04. The maximum absolute atomic E-state index is 6.66. The second kappa shape index (κ2) is 3.96. The van der Waals surface area contributed by atoms with Gasteiger partial charge in [-0.05, 0) is 37.0 Å². The molecule has 2 aliphatic carbocycles. The van der Waals surface area contributed by atoms with Gasteiger partial charge in [-0.2, -0.15) is 0 Å². The number of morpholine rings is 1. The van der Waals surface area contributed by atoms with Gasteiger partial charge in [0.15, 0.2) is 0 Å². The molecule has 1 saturated heterocycles. The molecule has 0 aromatic carbocycles. The van der Waals surface area contributed by atoms with Crippen LogP contribution in [0.15, 0.2) is 0 Å². The lowest BCUT2D eigenvalue weighted by Crippen LogP contribution is -2.61. The standard InChI is InChI=1S/C15H27NO/c1-11-5-4-7-15(9-11)10-16-12-6-8-14(2,3)13(12)17-15/h11-13,16H,4-10H2,1-3H3. The van der Waals surface area contributed by atoms with Gasteiger partial charge in [0.1, 0.15) is 0 Å². The van der Waals surface area contributed by atoms with E-state index in [4.69, 9.17) is 4.74 Å². The number of ether oxygens (including phenoxy) is 1. The van der Waals surface area contributed by atoms with Crippen molar-refractivity contribution >= 4 is 0 Å². The lowest BCUT2D eigenvalue weighted by atomic mass is 9.76. The SMILES string of the molecule is CC1CCCC2(CNC3CCC(C)(C)C3O2)C1. The van der Waals surface area contributed by atoms with E-state index in [0.717, 1.165) is 12.5 Å². The molecule has 0 radical (unpaired) electrons. The number of hydrogen-bond acceptors (Lipinski definition) is 2. The van der Waals surface area contributed by atoms with Gasteiger partial charge in [-0.3, -0.25) is 0 Å². The van der Waals surface area contributed by atoms with Gasteiger partial charge >= 0.3 is 0 Å². The van der Waals surface area contributed by atoms with Crippen molar-refractivity contribution in [1.29, 1.82) is 0 Å². The molecule has 2 nitrogen and oxygen atoms in total. The predicted molar refractivity (Wildman–Crippen MR) is 70.0 cm³/mol. The Balaban J connectivity index is 1.77. The summed E-state index contributed by atoms with van der Waals surface area (Å²) in [6.07, 6.45) is 8.32. The Morgan fingerprint density at radius 1 is 1.18 bits per heavy atom. The van der Waals surface area contributed by atoms with Gasteiger partial charge in [0.2, 0.25) is 0 Å². The van der Waals surface area contributed by atoms with Crippen molar-refractivity contribution in [1.82, 2.24) is 5.32 Å². The summed E-state index contributed by atoms with van der Waals surface area (Å²) in [5.74, 6) is 0.839. The van der Waals surface area contributed by atoms with Crippen LogP contribution in [0.25, 0.3) is 0 Å². The van der Waals surface area contributed by atoms with Crippen molar-refractivity contribution < 1.29 is 4.74 Å². The van der Waals surface area contributed by atoms with E-state index in [0.29, 0.717) is 17.6 Å². The molecule has 1 N–H and O–H groups in total. The van der Waals surface area contributed by atoms with E-state index < -0.39 is 0 Å². The zero-order valence-electron chi connectivity index (χ0n) is 11.6. The topological polar surface area (TPSA) is 21.3 Å². The predicted octanol–water partition coefficient (Wildman–Crippen LogP) is 3.11. The minimum atomic E-state index is 0.167. The summed E-state index contributed by atoms with van der Waals surface area (Å²) in [7, 11) is 0. The van der Waals surface area contributed by atoms with Crippen molar-refractivity contribution in [3.63, 3.8) is 0 Å². The molecule has 1 spiro atoms. The Labute approximate surface area is 105 Å². The number of rotatable bonds is 0. The molecule has 0 aromatic rings. The molecule has 4 unspecified atom stereocenters. The first-order valence-electron chi connectivity index (χ1n) is 7.42. The third-order valence-corrected chi connectivity index (χ3v) is 5.35. The van der Waals surface area contributed by atoms with E-state index in [9.17, 15) is 0 Å². The molecule has 2 heteroatoms. The zero-order chi connectivity index (χ0) is 12.1. The first kappa shape index (κ1) is 12.0. The number of hydrogen-bond donors (Lipinski definition) is 1. The summed E-state index contributed by atoms with van der Waals surface area (Å²) < 4.78 is 6.66. The first-order chi connectivity index (χ1) is 8.01. The van der Waals surface area contributed by atoms with E-state index in [-0.39, 0.29) is 5.60 Å². The molecule has 98 valence electrons. The van der Waals surface area contributed by atoms with Gasteiger partial charge in [-0.25, -0.2) is 0 Å². The highest BCUT2D eigenvalue weighted by Gasteiger charge is 2.51. The second-order valence-corrected chi connectivity index (χ2v) is 7.44. The fraction of sp³-hybridized carbons (Fsp3) is 1.00. The summed E-state index contributed by atoms with van der Waals surface area (Å²) in [6, 6.07) is 0.618. The molecule has 3 aliphatic rings. The van der Waals surface area contributed by atoms with Crippen LogP contribution >= 0.6 is 0 Å². The molecule has 17 heavy (non-hydrogen) atoms. The van der Waals surface area contributed by atoms with Crippen LogP contribution in [0.5, 0.6) is 0 Å². The summed E-state index contributed by atoms with van der Waals surface area (Å²) in [5, 5.41) is 3.79. The van der Waals surface area contributed by atoms with E-state index in [1.54, 1.807) is 0 Å². The van der Waals surface area contributed by atoms with Crippen LogP contribution in [0.3, 0.4) is 0 Å². The minimum absolute atomic E-state index is 0.167. The van der Waals surface area contributed by atoms with E-state index in [1.807, 2.05) is 0 Å². The molecule has 1 heterocycles. The summed E-state index contributed by atoms with van der Waals surface area (Å²) in [4.78, 5) is 0. The third-order valence-electron chi connectivity index (χ3n) is 5.35. The monoisotopic (exact) mass is 237 g/mol. The Bertz CT molecular complexity index is 301. The van der Waals surface area contributed by atoms with Crippen LogP contribution in [0, 0.1) is 11.3 Å². The highest BCUT2D eigenvalue weighted by atomic mass is 16.5. The van der Waals surface area contributed by atoms with Crippen molar-refractivity contribution in [2.45, 2.75) is 77.0 Å². The van der Waals surface area contributed by atoms with Crippen LogP contribution in [0.1, 0.15) is 59.3 Å². The third kappa shape index (κ3) is 2.04. The Morgan fingerprint density at radius 2 is 2.00 bits per heavy atom. The lowest BCUT2D eigenvalue weighted by Gasteiger charge is -2.49.